The zero-order chi connectivity index (χ0) is 10.7. The summed E-state index contributed by atoms with van der Waals surface area (Å²) in [5, 5.41) is 0. The van der Waals surface area contributed by atoms with Gasteiger partial charge in [0.1, 0.15) is 5.82 Å². The molecule has 0 bridgehead atoms. The fourth-order valence-corrected chi connectivity index (χ4v) is 1.16. The highest BCUT2D eigenvalue weighted by atomic mass is 19.3. The van der Waals surface area contributed by atoms with E-state index in [-0.39, 0.29) is 11.1 Å². The molecule has 0 heterocycles. The van der Waals surface area contributed by atoms with Crippen LogP contribution in [0.1, 0.15) is 23.6 Å². The summed E-state index contributed by atoms with van der Waals surface area (Å²) in [4.78, 5) is 0. The van der Waals surface area contributed by atoms with E-state index in [4.69, 9.17) is 5.73 Å². The first-order valence-electron chi connectivity index (χ1n) is 4.02. The van der Waals surface area contributed by atoms with E-state index in [1.807, 2.05) is 0 Å². The Bertz CT molecular complexity index is 336. The third kappa shape index (κ3) is 2.14. The van der Waals surface area contributed by atoms with Crippen molar-refractivity contribution in [3.8, 4) is 0 Å². The highest BCUT2D eigenvalue weighted by Crippen LogP contribution is 2.27. The Morgan fingerprint density at radius 2 is 1.93 bits per heavy atom. The molecule has 0 spiro atoms. The smallest absolute Gasteiger partial charge is 0.264 e. The first-order chi connectivity index (χ1) is 6.56. The Morgan fingerprint density at radius 1 is 1.29 bits per heavy atom. The number of rotatable bonds is 3. The molecule has 0 aromatic heterocycles. The molecule has 76 valence electrons. The van der Waals surface area contributed by atoms with Crippen molar-refractivity contribution in [2.75, 3.05) is 0 Å². The summed E-state index contributed by atoms with van der Waals surface area (Å²) in [5.74, 6) is -0.582. The van der Waals surface area contributed by atoms with Gasteiger partial charge in [-0.3, -0.25) is 0 Å². The topological polar surface area (TPSA) is 26.0 Å². The zero-order valence-electron chi connectivity index (χ0n) is 7.38. The lowest BCUT2D eigenvalue weighted by atomic mass is 10.0. The van der Waals surface area contributed by atoms with Gasteiger partial charge >= 0.3 is 0 Å². The number of alkyl halides is 2. The number of nitrogens with two attached hydrogens (primary N) is 1. The molecule has 1 nitrogen and oxygen atoms in total. The van der Waals surface area contributed by atoms with Gasteiger partial charge in [0.15, 0.2) is 0 Å². The zero-order valence-corrected chi connectivity index (χ0v) is 7.38. The van der Waals surface area contributed by atoms with Gasteiger partial charge in [0.2, 0.25) is 0 Å². The normalized spacial score (nSPS) is 12.9. The summed E-state index contributed by atoms with van der Waals surface area (Å²) in [6.45, 7) is 3.37. The van der Waals surface area contributed by atoms with E-state index in [9.17, 15) is 13.2 Å². The van der Waals surface area contributed by atoms with Crippen LogP contribution in [0.5, 0.6) is 0 Å². The van der Waals surface area contributed by atoms with E-state index in [0.717, 1.165) is 18.2 Å². The summed E-state index contributed by atoms with van der Waals surface area (Å²) in [7, 11) is 0. The van der Waals surface area contributed by atoms with Crippen LogP contribution in [0, 0.1) is 5.82 Å². The van der Waals surface area contributed by atoms with Crippen molar-refractivity contribution in [2.45, 2.75) is 12.5 Å². The van der Waals surface area contributed by atoms with Crippen LogP contribution in [0.4, 0.5) is 13.2 Å². The Labute approximate surface area is 80.0 Å². The Hall–Kier alpha value is -1.29. The fourth-order valence-electron chi connectivity index (χ4n) is 1.16. The SMILES string of the molecule is C=CC(N)c1cc(F)ccc1C(F)F. The third-order valence-electron chi connectivity index (χ3n) is 1.90. The maximum Gasteiger partial charge on any atom is 0.264 e. The van der Waals surface area contributed by atoms with Gasteiger partial charge in [0, 0.05) is 11.6 Å². The van der Waals surface area contributed by atoms with E-state index in [2.05, 4.69) is 6.58 Å². The largest absolute Gasteiger partial charge is 0.321 e. The van der Waals surface area contributed by atoms with Crippen LogP contribution in [0.25, 0.3) is 0 Å². The van der Waals surface area contributed by atoms with Crippen LogP contribution < -0.4 is 5.73 Å². The predicted octanol–water partition coefficient (Wildman–Crippen LogP) is 2.95. The molecule has 14 heavy (non-hydrogen) atoms. The van der Waals surface area contributed by atoms with Crippen molar-refractivity contribution in [3.05, 3.63) is 47.8 Å². The van der Waals surface area contributed by atoms with Crippen LogP contribution in [-0.2, 0) is 0 Å². The average Bonchev–Trinajstić information content (AvgIpc) is 2.16. The van der Waals surface area contributed by atoms with Gasteiger partial charge in [-0.25, -0.2) is 13.2 Å². The molecule has 0 aliphatic carbocycles. The lowest BCUT2D eigenvalue weighted by Gasteiger charge is -2.12. The fraction of sp³-hybridized carbons (Fsp3) is 0.200. The molecular formula is C10H10F3N. The first kappa shape index (κ1) is 10.8. The molecular weight excluding hydrogens is 191 g/mol. The molecule has 1 aromatic carbocycles. The highest BCUT2D eigenvalue weighted by molar-refractivity contribution is 5.33. The van der Waals surface area contributed by atoms with Crippen molar-refractivity contribution >= 4 is 0 Å². The van der Waals surface area contributed by atoms with Crippen molar-refractivity contribution in [2.24, 2.45) is 5.73 Å². The molecule has 0 aliphatic rings. The second-order valence-electron chi connectivity index (χ2n) is 2.84. The minimum atomic E-state index is -2.66. The predicted molar refractivity (Wildman–Crippen MR) is 48.5 cm³/mol. The second-order valence-corrected chi connectivity index (χ2v) is 2.84. The lowest BCUT2D eigenvalue weighted by molar-refractivity contribution is 0.150. The molecule has 1 rings (SSSR count). The van der Waals surface area contributed by atoms with Crippen LogP contribution in [0.15, 0.2) is 30.9 Å². The molecule has 0 saturated carbocycles. The first-order valence-corrected chi connectivity index (χ1v) is 4.02. The Morgan fingerprint density at radius 3 is 2.43 bits per heavy atom. The van der Waals surface area contributed by atoms with Crippen molar-refractivity contribution in [1.82, 2.24) is 0 Å². The van der Waals surface area contributed by atoms with Crippen LogP contribution in [0.3, 0.4) is 0 Å². The highest BCUT2D eigenvalue weighted by Gasteiger charge is 2.16. The van der Waals surface area contributed by atoms with Gasteiger partial charge in [-0.05, 0) is 17.7 Å². The quantitative estimate of drug-likeness (QED) is 0.747. The van der Waals surface area contributed by atoms with Gasteiger partial charge in [-0.15, -0.1) is 6.58 Å². The monoisotopic (exact) mass is 201 g/mol. The third-order valence-corrected chi connectivity index (χ3v) is 1.90. The van der Waals surface area contributed by atoms with Crippen LogP contribution in [-0.4, -0.2) is 0 Å². The Kier molecular flexibility index (Phi) is 3.30. The standard InChI is InChI=1S/C10H10F3N/c1-2-9(14)8-5-6(11)3-4-7(8)10(12)13/h2-5,9-10H,1,14H2. The second kappa shape index (κ2) is 4.28. The van der Waals surface area contributed by atoms with Crippen LogP contribution >= 0.6 is 0 Å². The number of hydrogen-bond acceptors (Lipinski definition) is 1. The Balaban J connectivity index is 3.22. The minimum Gasteiger partial charge on any atom is -0.321 e. The molecule has 0 amide bonds. The molecule has 0 radical (unpaired) electrons. The summed E-state index contributed by atoms with van der Waals surface area (Å²) in [6.07, 6.45) is -1.36. The maximum absolute atomic E-state index is 12.8. The van der Waals surface area contributed by atoms with E-state index in [1.165, 1.54) is 6.08 Å². The minimum absolute atomic E-state index is 0.0787. The van der Waals surface area contributed by atoms with Crippen molar-refractivity contribution < 1.29 is 13.2 Å². The molecule has 0 saturated heterocycles. The number of halogens is 3. The van der Waals surface area contributed by atoms with E-state index >= 15 is 0 Å². The summed E-state index contributed by atoms with van der Waals surface area (Å²) < 4.78 is 37.7. The summed E-state index contributed by atoms with van der Waals surface area (Å²) in [5.41, 5.74) is 5.31. The summed E-state index contributed by atoms with van der Waals surface area (Å²) >= 11 is 0. The molecule has 0 fully saturated rings. The molecule has 4 heteroatoms. The molecule has 2 N–H and O–H groups in total. The molecule has 1 atom stereocenters. The lowest BCUT2D eigenvalue weighted by Crippen LogP contribution is -2.10. The molecule has 1 unspecified atom stereocenters. The van der Waals surface area contributed by atoms with Gasteiger partial charge in [-0.2, -0.15) is 0 Å². The van der Waals surface area contributed by atoms with Crippen molar-refractivity contribution in [1.29, 1.82) is 0 Å². The van der Waals surface area contributed by atoms with Crippen LogP contribution in [0.2, 0.25) is 0 Å². The number of benzene rings is 1. The number of hydrogen-bond donors (Lipinski definition) is 1. The van der Waals surface area contributed by atoms with Gasteiger partial charge in [-0.1, -0.05) is 12.1 Å². The van der Waals surface area contributed by atoms with E-state index in [1.54, 1.807) is 0 Å². The van der Waals surface area contributed by atoms with Gasteiger partial charge in [0.25, 0.3) is 6.43 Å². The average molecular weight is 201 g/mol. The maximum atomic E-state index is 12.8. The van der Waals surface area contributed by atoms with Crippen molar-refractivity contribution in [3.63, 3.8) is 0 Å². The van der Waals surface area contributed by atoms with E-state index in [0.29, 0.717) is 0 Å². The molecule has 0 aliphatic heterocycles. The van der Waals surface area contributed by atoms with Gasteiger partial charge in [0.05, 0.1) is 0 Å². The molecule has 1 aromatic rings. The summed E-state index contributed by atoms with van der Waals surface area (Å²) in [6, 6.07) is 2.27. The van der Waals surface area contributed by atoms with Gasteiger partial charge < -0.3 is 5.73 Å². The van der Waals surface area contributed by atoms with E-state index < -0.39 is 18.3 Å².